The maximum absolute atomic E-state index is 5.84. The highest BCUT2D eigenvalue weighted by molar-refractivity contribution is 9.10. The highest BCUT2D eigenvalue weighted by Gasteiger charge is 2.08. The van der Waals surface area contributed by atoms with Crippen molar-refractivity contribution in [1.82, 2.24) is 9.97 Å². The minimum Gasteiger partial charge on any atom is -0.340 e. The van der Waals surface area contributed by atoms with Crippen LogP contribution in [0.4, 0.5) is 5.95 Å². The first-order valence-electron chi connectivity index (χ1n) is 5.94. The summed E-state index contributed by atoms with van der Waals surface area (Å²) in [5.41, 5.74) is 2.99. The Balaban J connectivity index is 2.20. The number of benzene rings is 1. The Morgan fingerprint density at radius 3 is 2.74 bits per heavy atom. The van der Waals surface area contributed by atoms with Crippen LogP contribution >= 0.6 is 27.5 Å². The van der Waals surface area contributed by atoms with Gasteiger partial charge in [-0.15, -0.1) is 11.6 Å². The van der Waals surface area contributed by atoms with Gasteiger partial charge in [-0.1, -0.05) is 28.1 Å². The van der Waals surface area contributed by atoms with Gasteiger partial charge in [0.15, 0.2) is 0 Å². The first kappa shape index (κ1) is 14.3. The van der Waals surface area contributed by atoms with Gasteiger partial charge >= 0.3 is 0 Å². The highest BCUT2D eigenvalue weighted by Crippen LogP contribution is 2.16. The normalized spacial score (nSPS) is 10.5. The zero-order chi connectivity index (χ0) is 13.8. The molecule has 3 nitrogen and oxygen atoms in total. The van der Waals surface area contributed by atoms with Gasteiger partial charge in [-0.05, 0) is 30.7 Å². The van der Waals surface area contributed by atoms with Crippen molar-refractivity contribution in [3.05, 3.63) is 51.8 Å². The molecule has 0 atom stereocenters. The summed E-state index contributed by atoms with van der Waals surface area (Å²) >= 11 is 9.32. The van der Waals surface area contributed by atoms with Gasteiger partial charge < -0.3 is 4.90 Å². The molecule has 0 amide bonds. The molecule has 0 N–H and O–H groups in total. The Bertz CT molecular complexity index is 574. The SMILES string of the molecule is Cc1cc(CCl)nc(N(C)Cc2cccc(Br)c2)n1. The Hall–Kier alpha value is -1.13. The summed E-state index contributed by atoms with van der Waals surface area (Å²) in [5, 5.41) is 0. The minimum atomic E-state index is 0.404. The number of anilines is 1. The van der Waals surface area contributed by atoms with Gasteiger partial charge in [0.25, 0.3) is 0 Å². The van der Waals surface area contributed by atoms with E-state index in [0.29, 0.717) is 11.8 Å². The molecular formula is C14H15BrClN3. The fourth-order valence-corrected chi connectivity index (χ4v) is 2.42. The van der Waals surface area contributed by atoms with E-state index in [-0.39, 0.29) is 0 Å². The molecule has 100 valence electrons. The second kappa shape index (κ2) is 6.35. The summed E-state index contributed by atoms with van der Waals surface area (Å²) in [6.07, 6.45) is 0. The molecule has 5 heteroatoms. The molecule has 19 heavy (non-hydrogen) atoms. The van der Waals surface area contributed by atoms with E-state index in [1.807, 2.05) is 37.1 Å². The molecule has 1 aromatic carbocycles. The summed E-state index contributed by atoms with van der Waals surface area (Å²) in [5.74, 6) is 1.11. The van der Waals surface area contributed by atoms with E-state index in [4.69, 9.17) is 11.6 Å². The summed E-state index contributed by atoms with van der Waals surface area (Å²) in [4.78, 5) is 10.9. The van der Waals surface area contributed by atoms with Crippen LogP contribution in [0.5, 0.6) is 0 Å². The van der Waals surface area contributed by atoms with Crippen molar-refractivity contribution in [1.29, 1.82) is 0 Å². The number of aromatic nitrogens is 2. The van der Waals surface area contributed by atoms with Crippen LogP contribution < -0.4 is 4.90 Å². The van der Waals surface area contributed by atoms with E-state index in [2.05, 4.69) is 38.0 Å². The fourth-order valence-electron chi connectivity index (χ4n) is 1.84. The van der Waals surface area contributed by atoms with Gasteiger partial charge in [-0.2, -0.15) is 0 Å². The quantitative estimate of drug-likeness (QED) is 0.790. The average molecular weight is 341 g/mol. The van der Waals surface area contributed by atoms with E-state index in [9.17, 15) is 0 Å². The monoisotopic (exact) mass is 339 g/mol. The maximum Gasteiger partial charge on any atom is 0.225 e. The van der Waals surface area contributed by atoms with Gasteiger partial charge in [0, 0.05) is 23.8 Å². The van der Waals surface area contributed by atoms with Crippen molar-refractivity contribution in [2.75, 3.05) is 11.9 Å². The van der Waals surface area contributed by atoms with Gasteiger partial charge in [0.2, 0.25) is 5.95 Å². The lowest BCUT2D eigenvalue weighted by atomic mass is 10.2. The fraction of sp³-hybridized carbons (Fsp3) is 0.286. The Morgan fingerprint density at radius 2 is 2.05 bits per heavy atom. The first-order chi connectivity index (χ1) is 9.08. The van der Waals surface area contributed by atoms with E-state index in [0.717, 1.165) is 22.4 Å². The number of halogens is 2. The summed E-state index contributed by atoms with van der Waals surface area (Å²) < 4.78 is 1.07. The van der Waals surface area contributed by atoms with Crippen LogP contribution in [0.1, 0.15) is 17.0 Å². The molecule has 0 spiro atoms. The third kappa shape index (κ3) is 3.91. The number of aryl methyl sites for hydroxylation is 1. The minimum absolute atomic E-state index is 0.404. The van der Waals surface area contributed by atoms with Crippen LogP contribution in [0.2, 0.25) is 0 Å². The predicted octanol–water partition coefficient (Wildman–Crippen LogP) is 3.92. The number of nitrogens with zero attached hydrogens (tertiary/aromatic N) is 3. The van der Waals surface area contributed by atoms with Crippen LogP contribution in [-0.4, -0.2) is 17.0 Å². The summed E-state index contributed by atoms with van der Waals surface area (Å²) in [6.45, 7) is 2.71. The second-order valence-corrected chi connectivity index (χ2v) is 5.60. The molecule has 0 aliphatic heterocycles. The average Bonchev–Trinajstić information content (AvgIpc) is 2.38. The molecular weight excluding hydrogens is 326 g/mol. The van der Waals surface area contributed by atoms with Crippen molar-refractivity contribution < 1.29 is 0 Å². The summed E-state index contributed by atoms with van der Waals surface area (Å²) in [6, 6.07) is 10.1. The molecule has 2 rings (SSSR count). The zero-order valence-corrected chi connectivity index (χ0v) is 13.2. The molecule has 0 unspecified atom stereocenters. The second-order valence-electron chi connectivity index (χ2n) is 4.42. The standard InChI is InChI=1S/C14H15BrClN3/c1-10-6-13(8-16)18-14(17-10)19(2)9-11-4-3-5-12(15)7-11/h3-7H,8-9H2,1-2H3. The van der Waals surface area contributed by atoms with E-state index >= 15 is 0 Å². The molecule has 1 heterocycles. The van der Waals surface area contributed by atoms with Crippen LogP contribution in [-0.2, 0) is 12.4 Å². The Morgan fingerprint density at radius 1 is 1.26 bits per heavy atom. The van der Waals surface area contributed by atoms with Crippen LogP contribution in [0.15, 0.2) is 34.8 Å². The number of hydrogen-bond acceptors (Lipinski definition) is 3. The number of alkyl halides is 1. The molecule has 0 saturated carbocycles. The van der Waals surface area contributed by atoms with Crippen LogP contribution in [0.3, 0.4) is 0 Å². The van der Waals surface area contributed by atoms with Gasteiger partial charge in [0.05, 0.1) is 11.6 Å². The molecule has 0 bridgehead atoms. The Kier molecular flexibility index (Phi) is 4.77. The van der Waals surface area contributed by atoms with Crippen molar-refractivity contribution in [3.63, 3.8) is 0 Å². The van der Waals surface area contributed by atoms with Crippen LogP contribution in [0, 0.1) is 6.92 Å². The zero-order valence-electron chi connectivity index (χ0n) is 10.9. The lowest BCUT2D eigenvalue weighted by Crippen LogP contribution is -2.20. The molecule has 0 aliphatic carbocycles. The molecule has 0 fully saturated rings. The third-order valence-corrected chi connectivity index (χ3v) is 3.45. The first-order valence-corrected chi connectivity index (χ1v) is 7.27. The molecule has 0 aliphatic rings. The molecule has 0 saturated heterocycles. The van der Waals surface area contributed by atoms with Gasteiger partial charge in [-0.3, -0.25) is 0 Å². The van der Waals surface area contributed by atoms with Crippen molar-refractivity contribution >= 4 is 33.5 Å². The molecule has 1 aromatic heterocycles. The summed E-state index contributed by atoms with van der Waals surface area (Å²) in [7, 11) is 1.98. The number of hydrogen-bond donors (Lipinski definition) is 0. The Labute approximate surface area is 126 Å². The van der Waals surface area contributed by atoms with Gasteiger partial charge in [-0.25, -0.2) is 9.97 Å². The topological polar surface area (TPSA) is 29.0 Å². The number of rotatable bonds is 4. The van der Waals surface area contributed by atoms with Crippen LogP contribution in [0.25, 0.3) is 0 Å². The smallest absolute Gasteiger partial charge is 0.225 e. The highest BCUT2D eigenvalue weighted by atomic mass is 79.9. The van der Waals surface area contributed by atoms with E-state index in [1.165, 1.54) is 5.56 Å². The maximum atomic E-state index is 5.84. The van der Waals surface area contributed by atoms with Crippen molar-refractivity contribution in [2.24, 2.45) is 0 Å². The van der Waals surface area contributed by atoms with Gasteiger partial charge in [0.1, 0.15) is 0 Å². The lowest BCUT2D eigenvalue weighted by Gasteiger charge is -2.18. The molecule has 0 radical (unpaired) electrons. The lowest BCUT2D eigenvalue weighted by molar-refractivity contribution is 0.849. The van der Waals surface area contributed by atoms with Crippen molar-refractivity contribution in [2.45, 2.75) is 19.3 Å². The van der Waals surface area contributed by atoms with Crippen molar-refractivity contribution in [3.8, 4) is 0 Å². The third-order valence-electron chi connectivity index (χ3n) is 2.68. The van der Waals surface area contributed by atoms with E-state index in [1.54, 1.807) is 0 Å². The predicted molar refractivity (Wildman–Crippen MR) is 82.6 cm³/mol. The largest absolute Gasteiger partial charge is 0.340 e. The van der Waals surface area contributed by atoms with E-state index < -0.39 is 0 Å². The molecule has 2 aromatic rings.